The van der Waals surface area contributed by atoms with Gasteiger partial charge < -0.3 is 10.4 Å². The van der Waals surface area contributed by atoms with Crippen molar-refractivity contribution in [2.75, 3.05) is 5.32 Å². The van der Waals surface area contributed by atoms with Gasteiger partial charge in [-0.2, -0.15) is 5.10 Å². The number of halogens is 1. The van der Waals surface area contributed by atoms with E-state index in [9.17, 15) is 9.59 Å². The van der Waals surface area contributed by atoms with E-state index in [1.54, 1.807) is 13.0 Å². The maximum Gasteiger partial charge on any atom is 0.331 e. The summed E-state index contributed by atoms with van der Waals surface area (Å²) in [6, 6.07) is 3.56. The van der Waals surface area contributed by atoms with E-state index in [-0.39, 0.29) is 11.8 Å². The summed E-state index contributed by atoms with van der Waals surface area (Å²) in [6.45, 7) is 4.84. The van der Waals surface area contributed by atoms with Gasteiger partial charge >= 0.3 is 5.97 Å². The van der Waals surface area contributed by atoms with E-state index in [1.807, 2.05) is 6.07 Å². The molecule has 0 saturated heterocycles. The zero-order valence-corrected chi connectivity index (χ0v) is 13.9. The van der Waals surface area contributed by atoms with Gasteiger partial charge in [0.1, 0.15) is 0 Å². The lowest BCUT2D eigenvalue weighted by atomic mass is 10.1. The Kier molecular flexibility index (Phi) is 4.58. The zero-order valence-electron chi connectivity index (χ0n) is 12.3. The van der Waals surface area contributed by atoms with Gasteiger partial charge in [-0.1, -0.05) is 11.6 Å². The number of hydrogen-bond acceptors (Lipinski definition) is 4. The van der Waals surface area contributed by atoms with E-state index < -0.39 is 11.5 Å². The Labute approximate surface area is 136 Å². The molecule has 1 atom stereocenters. The Balaban J connectivity index is 2.10. The van der Waals surface area contributed by atoms with Crippen molar-refractivity contribution in [2.45, 2.75) is 32.2 Å². The number of nitrogens with one attached hydrogen (secondary N) is 1. The molecule has 22 heavy (non-hydrogen) atoms. The number of carboxylic acid groups (broad SMARTS) is 1. The SMILES string of the molecule is CC(C(=O)Nc1cnn(C(C)(C)C(=O)O)c1)c1ccc(Cl)s1. The molecule has 0 aliphatic carbocycles. The molecule has 2 rings (SSSR count). The van der Waals surface area contributed by atoms with Crippen LogP contribution in [0, 0.1) is 0 Å². The molecule has 0 aliphatic rings. The number of thiophene rings is 1. The number of aromatic nitrogens is 2. The van der Waals surface area contributed by atoms with E-state index in [2.05, 4.69) is 10.4 Å². The number of nitrogens with zero attached hydrogens (tertiary/aromatic N) is 2. The van der Waals surface area contributed by atoms with Gasteiger partial charge in [0.15, 0.2) is 5.54 Å². The minimum Gasteiger partial charge on any atom is -0.479 e. The van der Waals surface area contributed by atoms with Crippen LogP contribution in [-0.2, 0) is 15.1 Å². The third kappa shape index (κ3) is 3.31. The van der Waals surface area contributed by atoms with Gasteiger partial charge in [0, 0.05) is 11.1 Å². The van der Waals surface area contributed by atoms with Gasteiger partial charge in [0.25, 0.3) is 0 Å². The molecule has 2 aromatic heterocycles. The van der Waals surface area contributed by atoms with Crippen molar-refractivity contribution in [3.8, 4) is 0 Å². The Morgan fingerprint density at radius 3 is 2.68 bits per heavy atom. The Hall–Kier alpha value is -1.86. The van der Waals surface area contributed by atoms with Crippen LogP contribution in [-0.4, -0.2) is 26.8 Å². The van der Waals surface area contributed by atoms with Gasteiger partial charge in [0.05, 0.1) is 22.1 Å². The fraction of sp³-hybridized carbons (Fsp3) is 0.357. The Morgan fingerprint density at radius 1 is 1.45 bits per heavy atom. The van der Waals surface area contributed by atoms with Crippen LogP contribution in [0.1, 0.15) is 31.6 Å². The highest BCUT2D eigenvalue weighted by molar-refractivity contribution is 7.16. The lowest BCUT2D eigenvalue weighted by Crippen LogP contribution is -2.35. The Bertz CT molecular complexity index is 708. The van der Waals surface area contributed by atoms with Crippen molar-refractivity contribution >= 4 is 40.5 Å². The van der Waals surface area contributed by atoms with Crippen LogP contribution in [0.5, 0.6) is 0 Å². The number of amides is 1. The summed E-state index contributed by atoms with van der Waals surface area (Å²) in [7, 11) is 0. The van der Waals surface area contributed by atoms with Gasteiger partial charge in [-0.05, 0) is 32.9 Å². The lowest BCUT2D eigenvalue weighted by molar-refractivity contribution is -0.146. The van der Waals surface area contributed by atoms with Crippen LogP contribution in [0.15, 0.2) is 24.5 Å². The van der Waals surface area contributed by atoms with Crippen LogP contribution in [0.2, 0.25) is 4.34 Å². The number of carbonyl (C=O) groups is 2. The molecule has 1 amide bonds. The van der Waals surface area contributed by atoms with Crippen molar-refractivity contribution in [3.63, 3.8) is 0 Å². The highest BCUT2D eigenvalue weighted by Crippen LogP contribution is 2.29. The van der Waals surface area contributed by atoms with E-state index in [1.165, 1.54) is 42.3 Å². The molecule has 6 nitrogen and oxygen atoms in total. The van der Waals surface area contributed by atoms with Crippen molar-refractivity contribution in [1.82, 2.24) is 9.78 Å². The molecule has 0 bridgehead atoms. The summed E-state index contributed by atoms with van der Waals surface area (Å²) in [5.41, 5.74) is -0.732. The number of carbonyl (C=O) groups excluding carboxylic acids is 1. The maximum atomic E-state index is 12.2. The molecule has 2 aromatic rings. The molecule has 0 aliphatic heterocycles. The number of carboxylic acids is 1. The molecule has 2 N–H and O–H groups in total. The second kappa shape index (κ2) is 6.10. The molecule has 8 heteroatoms. The maximum absolute atomic E-state index is 12.2. The van der Waals surface area contributed by atoms with Gasteiger partial charge in [-0.25, -0.2) is 4.79 Å². The van der Waals surface area contributed by atoms with Gasteiger partial charge in [0.2, 0.25) is 5.91 Å². The van der Waals surface area contributed by atoms with Crippen LogP contribution >= 0.6 is 22.9 Å². The molecule has 118 valence electrons. The fourth-order valence-electron chi connectivity index (χ4n) is 1.73. The summed E-state index contributed by atoms with van der Waals surface area (Å²) in [4.78, 5) is 24.3. The molecular weight excluding hydrogens is 326 g/mol. The first-order valence-corrected chi connectivity index (χ1v) is 7.76. The third-order valence-corrected chi connectivity index (χ3v) is 4.77. The first-order valence-electron chi connectivity index (χ1n) is 6.56. The van der Waals surface area contributed by atoms with E-state index >= 15 is 0 Å². The number of anilines is 1. The Morgan fingerprint density at radius 2 is 2.14 bits per heavy atom. The average Bonchev–Trinajstić information content (AvgIpc) is 3.07. The standard InChI is InChI=1S/C14H16ClN3O3S/c1-8(10-4-5-11(15)22-10)12(19)17-9-6-16-18(7-9)14(2,3)13(20)21/h4-8H,1-3H3,(H,17,19)(H,20,21). The predicted octanol–water partition coefficient (Wildman–Crippen LogP) is 3.16. The summed E-state index contributed by atoms with van der Waals surface area (Å²) in [5.74, 6) is -1.56. The van der Waals surface area contributed by atoms with Crippen LogP contribution in [0.3, 0.4) is 0 Å². The number of rotatable bonds is 5. The number of hydrogen-bond donors (Lipinski definition) is 2. The van der Waals surface area contributed by atoms with Crippen molar-refractivity contribution < 1.29 is 14.7 Å². The lowest BCUT2D eigenvalue weighted by Gasteiger charge is -2.19. The first kappa shape index (κ1) is 16.5. The second-order valence-electron chi connectivity index (χ2n) is 5.39. The van der Waals surface area contributed by atoms with Crippen LogP contribution in [0.25, 0.3) is 0 Å². The van der Waals surface area contributed by atoms with Crippen LogP contribution in [0.4, 0.5) is 5.69 Å². The average molecular weight is 342 g/mol. The minimum absolute atomic E-state index is 0.203. The van der Waals surface area contributed by atoms with Gasteiger partial charge in [-0.15, -0.1) is 11.3 Å². The molecule has 2 heterocycles. The minimum atomic E-state index is -1.18. The summed E-state index contributed by atoms with van der Waals surface area (Å²) >= 11 is 7.22. The first-order chi connectivity index (χ1) is 10.2. The fourth-order valence-corrected chi connectivity index (χ4v) is 2.84. The molecule has 1 unspecified atom stereocenters. The summed E-state index contributed by atoms with van der Waals surface area (Å²) in [6.07, 6.45) is 2.93. The normalized spacial score (nSPS) is 12.9. The molecule has 0 saturated carbocycles. The van der Waals surface area contributed by atoms with Crippen molar-refractivity contribution in [3.05, 3.63) is 33.7 Å². The quantitative estimate of drug-likeness (QED) is 0.874. The topological polar surface area (TPSA) is 84.2 Å². The highest BCUT2D eigenvalue weighted by Gasteiger charge is 2.30. The molecule has 0 radical (unpaired) electrons. The zero-order chi connectivity index (χ0) is 16.5. The molecule has 0 aromatic carbocycles. The summed E-state index contributed by atoms with van der Waals surface area (Å²) < 4.78 is 1.93. The molecular formula is C14H16ClN3O3S. The van der Waals surface area contributed by atoms with Crippen molar-refractivity contribution in [1.29, 1.82) is 0 Å². The third-order valence-electron chi connectivity index (χ3n) is 3.36. The largest absolute Gasteiger partial charge is 0.479 e. The van der Waals surface area contributed by atoms with Crippen molar-refractivity contribution in [2.24, 2.45) is 0 Å². The molecule has 0 fully saturated rings. The molecule has 0 spiro atoms. The van der Waals surface area contributed by atoms with E-state index in [0.29, 0.717) is 10.0 Å². The monoisotopic (exact) mass is 341 g/mol. The van der Waals surface area contributed by atoms with E-state index in [0.717, 1.165) is 4.88 Å². The number of aliphatic carboxylic acids is 1. The highest BCUT2D eigenvalue weighted by atomic mass is 35.5. The second-order valence-corrected chi connectivity index (χ2v) is 7.14. The van der Waals surface area contributed by atoms with E-state index in [4.69, 9.17) is 16.7 Å². The van der Waals surface area contributed by atoms with Crippen LogP contribution < -0.4 is 5.32 Å². The smallest absolute Gasteiger partial charge is 0.331 e. The summed E-state index contributed by atoms with van der Waals surface area (Å²) in [5, 5.41) is 15.9. The predicted molar refractivity (Wildman–Crippen MR) is 85.6 cm³/mol. The van der Waals surface area contributed by atoms with Gasteiger partial charge in [-0.3, -0.25) is 9.48 Å².